The summed E-state index contributed by atoms with van der Waals surface area (Å²) in [6, 6.07) is 57.9. The van der Waals surface area contributed by atoms with E-state index in [0.29, 0.717) is 55.2 Å². The van der Waals surface area contributed by atoms with Crippen LogP contribution in [0.15, 0.2) is 258 Å². The lowest BCUT2D eigenvalue weighted by Gasteiger charge is -2.23. The van der Waals surface area contributed by atoms with Gasteiger partial charge < -0.3 is 0 Å². The Hall–Kier alpha value is -17.9. The fourth-order valence-corrected chi connectivity index (χ4v) is 13.0. The largest absolute Gasteiger partial charge is 0.288 e. The molecule has 0 unspecified atom stereocenters. The summed E-state index contributed by atoms with van der Waals surface area (Å²) in [7, 11) is 0. The molecule has 36 heteroatoms. The van der Waals surface area contributed by atoms with Gasteiger partial charge in [-0.1, -0.05) is 204 Å². The fraction of sp³-hybridized carbons (Fsp3) is 0. The van der Waals surface area contributed by atoms with Gasteiger partial charge in [0.25, 0.3) is 0 Å². The van der Waals surface area contributed by atoms with Crippen molar-refractivity contribution in [1.82, 2.24) is 89.7 Å². The molecular formula is C86H42B2F8N24O2. The Morgan fingerprint density at radius 3 is 0.541 bits per heavy atom. The first-order valence-electron chi connectivity index (χ1n) is 35.3. The number of nitrogens with zero attached hydrogens (tertiary/aromatic N) is 24. The van der Waals surface area contributed by atoms with Crippen LogP contribution < -0.4 is 32.8 Å². The highest BCUT2D eigenvalue weighted by Crippen LogP contribution is 2.52. The molecule has 0 amide bonds. The van der Waals surface area contributed by atoms with Gasteiger partial charge in [-0.25, -0.2) is 125 Å². The number of hydrogen-bond acceptors (Lipinski definition) is 26. The minimum Gasteiger partial charge on any atom is -0.288 e. The topological polar surface area (TPSA) is 409 Å². The molecule has 580 valence electrons. The second-order valence-corrected chi connectivity index (χ2v) is 24.9. The summed E-state index contributed by atoms with van der Waals surface area (Å²) >= 11 is 0. The molecule has 0 aliphatic carbocycles. The molecule has 6 heterocycles. The van der Waals surface area contributed by atoms with E-state index >= 15 is 17.6 Å². The zero-order valence-corrected chi connectivity index (χ0v) is 62.0. The molecule has 0 N–H and O–H groups in total. The highest BCUT2D eigenvalue weighted by molar-refractivity contribution is 6.97. The average molecular weight is 1620 g/mol. The third kappa shape index (κ3) is 16.7. The van der Waals surface area contributed by atoms with Crippen LogP contribution in [-0.2, 0) is 0 Å². The van der Waals surface area contributed by atoms with Crippen LogP contribution in [0.2, 0.25) is 0 Å². The van der Waals surface area contributed by atoms with Crippen molar-refractivity contribution in [1.29, 1.82) is 31.6 Å². The maximum atomic E-state index is 15.9. The number of carbonyl (C=O) groups excluding carboxylic acids is 2. The van der Waals surface area contributed by atoms with Gasteiger partial charge in [0.15, 0.2) is 93.1 Å². The van der Waals surface area contributed by atoms with E-state index in [-0.39, 0.29) is 79.5 Å². The van der Waals surface area contributed by atoms with Crippen LogP contribution in [0.5, 0.6) is 0 Å². The van der Waals surface area contributed by atoms with Crippen molar-refractivity contribution in [2.45, 2.75) is 0 Å². The number of carbonyl (C=O) groups is 2. The highest BCUT2D eigenvalue weighted by atomic mass is 19.2. The molecule has 0 aliphatic heterocycles. The van der Waals surface area contributed by atoms with E-state index in [1.54, 1.807) is 170 Å². The molecule has 0 saturated heterocycles. The molecule has 0 fully saturated rings. The normalized spacial score (nSPS) is 10.3. The lowest BCUT2D eigenvalue weighted by atomic mass is 9.34. The van der Waals surface area contributed by atoms with Crippen LogP contribution in [0.4, 0.5) is 35.1 Å². The SMILES string of the molecule is Fc1c(F)c(B(c2ccccc2)c2ccccc2)c(F)c(F)c1B(c1ccccc1)c1ccccc1.N#Cc1c(C#N)c(C#N)c(C#N)c(C#N)c1C#N.O=C(c1ccccc1)c1c(F)c(F)c(C(=O)c2ccccc2)c(F)c1F.c1ncnc(-c2c(-c3ncncn3)c(-c3ncncn3)c(-c3ncncn3)c(-c3ncncn3)c2-c2ncncn2)n1. The van der Waals surface area contributed by atoms with Crippen molar-refractivity contribution in [3.05, 3.63) is 360 Å². The summed E-state index contributed by atoms with van der Waals surface area (Å²) in [6.07, 6.45) is 16.4. The number of benzene rings is 10. The Kier molecular flexibility index (Phi) is 25.6. The van der Waals surface area contributed by atoms with Gasteiger partial charge in [0.05, 0.1) is 33.4 Å². The van der Waals surface area contributed by atoms with Crippen molar-refractivity contribution in [2.24, 2.45) is 0 Å². The molecule has 6 aromatic heterocycles. The maximum absolute atomic E-state index is 15.9. The Labute approximate surface area is 685 Å². The second-order valence-electron chi connectivity index (χ2n) is 24.9. The molecule has 0 spiro atoms. The first-order valence-corrected chi connectivity index (χ1v) is 35.3. The first kappa shape index (κ1) is 82.1. The van der Waals surface area contributed by atoms with Crippen molar-refractivity contribution in [3.8, 4) is 105 Å². The molecule has 0 radical (unpaired) electrons. The molecule has 16 rings (SSSR count). The van der Waals surface area contributed by atoms with E-state index in [1.165, 1.54) is 124 Å². The summed E-state index contributed by atoms with van der Waals surface area (Å²) in [5.74, 6) is -14.2. The molecule has 0 atom stereocenters. The fourth-order valence-electron chi connectivity index (χ4n) is 13.0. The molecule has 16 aromatic rings. The lowest BCUT2D eigenvalue weighted by Crippen LogP contribution is -2.59. The van der Waals surface area contributed by atoms with Crippen LogP contribution in [-0.4, -0.2) is 115 Å². The zero-order valence-electron chi connectivity index (χ0n) is 62.0. The van der Waals surface area contributed by atoms with E-state index in [2.05, 4.69) is 89.7 Å². The minimum atomic E-state index is -1.91. The van der Waals surface area contributed by atoms with Crippen molar-refractivity contribution in [3.63, 3.8) is 0 Å². The maximum Gasteiger partial charge on any atom is 0.249 e. The quantitative estimate of drug-likeness (QED) is 0.0375. The molecule has 122 heavy (non-hydrogen) atoms. The summed E-state index contributed by atoms with van der Waals surface area (Å²) in [5, 5.41) is 53.5. The second kappa shape index (κ2) is 38.0. The number of nitriles is 6. The molecule has 0 aliphatic rings. The monoisotopic (exact) mass is 1620 g/mol. The average Bonchev–Trinajstić information content (AvgIpc) is 0.718. The van der Waals surface area contributed by atoms with E-state index in [1.807, 2.05) is 0 Å². The predicted molar refractivity (Wildman–Crippen MR) is 421 cm³/mol. The predicted octanol–water partition coefficient (Wildman–Crippen LogP) is 9.70. The van der Waals surface area contributed by atoms with Crippen LogP contribution in [0.3, 0.4) is 0 Å². The lowest BCUT2D eigenvalue weighted by molar-refractivity contribution is 0.101. The summed E-state index contributed by atoms with van der Waals surface area (Å²) in [6.45, 7) is -2.06. The molecule has 0 saturated carbocycles. The van der Waals surface area contributed by atoms with Gasteiger partial charge in [-0.3, -0.25) is 9.59 Å². The zero-order chi connectivity index (χ0) is 85.8. The van der Waals surface area contributed by atoms with Crippen LogP contribution in [0.25, 0.3) is 68.3 Å². The minimum absolute atomic E-state index is 0.147. The summed E-state index contributed by atoms with van der Waals surface area (Å²) in [5.41, 5.74) is -1.97. The van der Waals surface area contributed by atoms with Crippen molar-refractivity contribution < 1.29 is 44.7 Å². The van der Waals surface area contributed by atoms with Gasteiger partial charge in [-0.15, -0.1) is 0 Å². The van der Waals surface area contributed by atoms with E-state index in [4.69, 9.17) is 31.6 Å². The van der Waals surface area contributed by atoms with Crippen LogP contribution in [0, 0.1) is 115 Å². The Morgan fingerprint density at radius 2 is 0.385 bits per heavy atom. The van der Waals surface area contributed by atoms with Gasteiger partial charge in [-0.2, -0.15) is 31.6 Å². The van der Waals surface area contributed by atoms with Crippen LogP contribution >= 0.6 is 0 Å². The Bertz CT molecular complexity index is 5920. The molecule has 10 aromatic carbocycles. The van der Waals surface area contributed by atoms with Gasteiger partial charge >= 0.3 is 0 Å². The highest BCUT2D eigenvalue weighted by Gasteiger charge is 2.40. The van der Waals surface area contributed by atoms with Crippen molar-refractivity contribution >= 4 is 57.8 Å². The standard InChI is InChI=1S/C30H20B2F4.C24H12N18.C20H10F4O2.C12N6/c33-27-25(31(21-13-5-1-6-14-21)22-15-7-2-8-16-22)28(34)30(36)26(29(27)35)32(23-17-9-3-10-18-23)24-19-11-4-12-20-24;1-25-2-32-19(31-1)13-14(20-33-3-26-4-34-20)16(22-37-7-28-8-38-22)18(24-41-11-30-12-42-24)17(23-39-9-29-10-40-23)15(13)21-35-5-27-6-36-21;21-15-13(19(25)11-7-3-1-4-8-11)16(22)18(24)14(17(15)23)20(26)12-9-5-2-6-10-12;13-1-7-8(2-14)10(4-16)12(6-18)11(5-17)9(7)3-15/h1-20H;1-12H;1-10H;. The van der Waals surface area contributed by atoms with E-state index < -0.39 is 93.6 Å². The Balaban J connectivity index is 0.000000146. The number of aromatic nitrogens is 18. The van der Waals surface area contributed by atoms with E-state index in [0.717, 1.165) is 0 Å². The molecule has 26 nitrogen and oxygen atoms in total. The summed E-state index contributed by atoms with van der Waals surface area (Å²) < 4.78 is 121. The molecular weight excluding hydrogens is 1570 g/mol. The van der Waals surface area contributed by atoms with Gasteiger partial charge in [0.2, 0.25) is 13.4 Å². The van der Waals surface area contributed by atoms with Gasteiger partial charge in [0, 0.05) is 55.4 Å². The third-order valence-electron chi connectivity index (χ3n) is 18.2. The Morgan fingerprint density at radius 1 is 0.230 bits per heavy atom. The van der Waals surface area contributed by atoms with E-state index in [9.17, 15) is 27.2 Å². The van der Waals surface area contributed by atoms with Gasteiger partial charge in [-0.05, 0) is 0 Å². The number of hydrogen-bond donors (Lipinski definition) is 0. The third-order valence-corrected chi connectivity index (χ3v) is 18.2. The van der Waals surface area contributed by atoms with Crippen molar-refractivity contribution in [2.75, 3.05) is 0 Å². The smallest absolute Gasteiger partial charge is 0.249 e. The van der Waals surface area contributed by atoms with Gasteiger partial charge in [0.1, 0.15) is 123 Å². The summed E-state index contributed by atoms with van der Waals surface area (Å²) in [4.78, 5) is 102. The molecule has 0 bridgehead atoms. The van der Waals surface area contributed by atoms with Crippen LogP contribution in [0.1, 0.15) is 65.2 Å². The number of rotatable bonds is 16. The number of ketones is 2. The first-order chi connectivity index (χ1) is 59.6. The number of halogens is 8.